The van der Waals surface area contributed by atoms with Crippen LogP contribution in [-0.4, -0.2) is 29.0 Å². The highest BCUT2D eigenvalue weighted by molar-refractivity contribution is 7.13. The second-order valence-corrected chi connectivity index (χ2v) is 7.03. The summed E-state index contributed by atoms with van der Waals surface area (Å²) in [5, 5.41) is 28.2. The van der Waals surface area contributed by atoms with E-state index >= 15 is 0 Å². The average molecular weight is 363 g/mol. The van der Waals surface area contributed by atoms with E-state index in [0.717, 1.165) is 25.0 Å². The Morgan fingerprint density at radius 1 is 1.52 bits per heavy atom. The second-order valence-electron chi connectivity index (χ2n) is 6.18. The van der Waals surface area contributed by atoms with Gasteiger partial charge in [-0.05, 0) is 19.3 Å². The average Bonchev–Trinajstić information content (AvgIpc) is 3.01. The van der Waals surface area contributed by atoms with E-state index in [1.807, 2.05) is 11.6 Å². The van der Waals surface area contributed by atoms with Gasteiger partial charge in [0.25, 0.3) is 0 Å². The van der Waals surface area contributed by atoms with Gasteiger partial charge >= 0.3 is 0 Å². The first kappa shape index (κ1) is 19.0. The van der Waals surface area contributed by atoms with Crippen LogP contribution in [0.15, 0.2) is 10.4 Å². The molecule has 136 valence electrons. The maximum atomic E-state index is 8.96. The first-order valence-corrected chi connectivity index (χ1v) is 9.54. The second kappa shape index (κ2) is 9.84. The zero-order valence-corrected chi connectivity index (χ0v) is 15.3. The van der Waals surface area contributed by atoms with Gasteiger partial charge in [-0.3, -0.25) is 5.41 Å². The van der Waals surface area contributed by atoms with Gasteiger partial charge in [-0.1, -0.05) is 26.2 Å². The molecule has 0 radical (unpaired) electrons. The van der Waals surface area contributed by atoms with Crippen LogP contribution in [0.25, 0.3) is 0 Å². The number of hydrogen-bond acceptors (Lipinski definition) is 5. The quantitative estimate of drug-likeness (QED) is 0.299. The summed E-state index contributed by atoms with van der Waals surface area (Å²) in [6, 6.07) is 0.506. The molecule has 1 unspecified atom stereocenters. The topological polar surface area (TPSA) is 135 Å². The normalized spacial score (nSPS) is 16.7. The minimum atomic E-state index is -0.119. The number of rotatable bonds is 6. The molecule has 1 heterocycles. The van der Waals surface area contributed by atoms with E-state index in [0.29, 0.717) is 23.6 Å². The fraction of sp³-hybridized carbons (Fsp3) is 0.625. The van der Waals surface area contributed by atoms with Gasteiger partial charge < -0.3 is 21.7 Å². The van der Waals surface area contributed by atoms with E-state index in [-0.39, 0.29) is 12.0 Å². The Hall–Kier alpha value is -2.34. The van der Waals surface area contributed by atoms with Crippen LogP contribution in [0.4, 0.5) is 5.13 Å². The number of aromatic nitrogens is 1. The maximum Gasteiger partial charge on any atom is 0.209 e. The minimum Gasteiger partial charge on any atom is -0.370 e. The van der Waals surface area contributed by atoms with Crippen molar-refractivity contribution in [2.45, 2.75) is 64.0 Å². The van der Waals surface area contributed by atoms with Crippen LogP contribution in [0, 0.1) is 16.9 Å². The van der Waals surface area contributed by atoms with Gasteiger partial charge in [0.05, 0.1) is 5.69 Å². The van der Waals surface area contributed by atoms with Crippen LogP contribution in [0.5, 0.6) is 0 Å². The van der Waals surface area contributed by atoms with E-state index in [1.165, 1.54) is 30.6 Å². The van der Waals surface area contributed by atoms with Crippen molar-refractivity contribution < 1.29 is 0 Å². The molecule has 1 aromatic rings. The zero-order chi connectivity index (χ0) is 18.1. The summed E-state index contributed by atoms with van der Waals surface area (Å²) in [5.74, 6) is 0.435. The van der Waals surface area contributed by atoms with E-state index in [1.54, 1.807) is 0 Å². The predicted octanol–water partition coefficient (Wildman–Crippen LogP) is 2.12. The summed E-state index contributed by atoms with van der Waals surface area (Å²) in [6.45, 7) is 2.09. The minimum absolute atomic E-state index is 0.119. The summed E-state index contributed by atoms with van der Waals surface area (Å²) >= 11 is 1.42. The first-order chi connectivity index (χ1) is 12.1. The Labute approximate surface area is 152 Å². The molecule has 0 amide bonds. The van der Waals surface area contributed by atoms with Crippen molar-refractivity contribution in [2.24, 2.45) is 10.7 Å². The fourth-order valence-corrected chi connectivity index (χ4v) is 3.65. The van der Waals surface area contributed by atoms with Gasteiger partial charge in [-0.15, -0.1) is 16.3 Å². The number of anilines is 1. The summed E-state index contributed by atoms with van der Waals surface area (Å²) < 4.78 is 0. The Morgan fingerprint density at radius 2 is 2.28 bits per heavy atom. The van der Waals surface area contributed by atoms with E-state index < -0.39 is 0 Å². The highest BCUT2D eigenvalue weighted by Gasteiger charge is 2.17. The Kier molecular flexibility index (Phi) is 7.47. The SMILES string of the molecule is CCC(Cc1csc(NC(=N)N)n1)N/C(=N\C#N)NC1CCCCC1. The van der Waals surface area contributed by atoms with Crippen molar-refractivity contribution in [2.75, 3.05) is 5.32 Å². The lowest BCUT2D eigenvalue weighted by Gasteiger charge is -2.26. The lowest BCUT2D eigenvalue weighted by Crippen LogP contribution is -2.48. The highest BCUT2D eigenvalue weighted by atomic mass is 32.1. The number of guanidine groups is 2. The van der Waals surface area contributed by atoms with Crippen LogP contribution in [0.3, 0.4) is 0 Å². The molecule has 6 N–H and O–H groups in total. The molecule has 0 aliphatic heterocycles. The molecule has 1 fully saturated rings. The number of hydrogen-bond donors (Lipinski definition) is 5. The molecule has 0 bridgehead atoms. The number of thiazole rings is 1. The van der Waals surface area contributed by atoms with Crippen molar-refractivity contribution >= 4 is 28.4 Å². The number of nitrogens with two attached hydrogens (primary N) is 1. The van der Waals surface area contributed by atoms with Crippen LogP contribution in [0.2, 0.25) is 0 Å². The smallest absolute Gasteiger partial charge is 0.209 e. The number of nitrogens with zero attached hydrogens (tertiary/aromatic N) is 3. The van der Waals surface area contributed by atoms with E-state index in [9.17, 15) is 0 Å². The van der Waals surface area contributed by atoms with Gasteiger partial charge in [-0.25, -0.2) is 4.98 Å². The molecule has 1 atom stereocenters. The third-order valence-electron chi connectivity index (χ3n) is 4.19. The van der Waals surface area contributed by atoms with Crippen molar-refractivity contribution in [1.82, 2.24) is 15.6 Å². The van der Waals surface area contributed by atoms with Gasteiger partial charge in [-0.2, -0.15) is 5.26 Å². The molecule has 8 nitrogen and oxygen atoms in total. The van der Waals surface area contributed by atoms with Crippen LogP contribution in [-0.2, 0) is 6.42 Å². The Bertz CT molecular complexity index is 626. The Morgan fingerprint density at radius 3 is 2.92 bits per heavy atom. The number of aliphatic imine (C=N–C) groups is 1. The number of nitrogens with one attached hydrogen (secondary N) is 4. The van der Waals surface area contributed by atoms with Gasteiger partial charge in [0.2, 0.25) is 12.2 Å². The molecule has 0 aromatic carbocycles. The maximum absolute atomic E-state index is 8.96. The molecule has 0 spiro atoms. The van der Waals surface area contributed by atoms with Gasteiger partial charge in [0.1, 0.15) is 0 Å². The summed E-state index contributed by atoms with van der Waals surface area (Å²) in [5.41, 5.74) is 6.24. The van der Waals surface area contributed by atoms with Crippen LogP contribution < -0.4 is 21.7 Å². The fourth-order valence-electron chi connectivity index (χ4n) is 2.91. The molecular formula is C16H26N8S. The van der Waals surface area contributed by atoms with Crippen molar-refractivity contribution in [3.8, 4) is 6.19 Å². The van der Waals surface area contributed by atoms with Gasteiger partial charge in [0.15, 0.2) is 11.1 Å². The van der Waals surface area contributed by atoms with E-state index in [2.05, 4.69) is 32.9 Å². The standard InChI is InChI=1S/C16H26N8S/c1-2-11(8-13-9-25-16(23-13)24-14(18)19)21-15(20-10-17)22-12-6-4-3-5-7-12/h9,11-12H,2-8H2,1H3,(H2,20,21,22)(H4,18,19,23,24). The summed E-state index contributed by atoms with van der Waals surface area (Å²) in [6.07, 6.45) is 9.44. The molecule has 1 aromatic heterocycles. The summed E-state index contributed by atoms with van der Waals surface area (Å²) in [4.78, 5) is 8.35. The van der Waals surface area contributed by atoms with Crippen molar-refractivity contribution in [1.29, 1.82) is 10.7 Å². The number of nitriles is 1. The van der Waals surface area contributed by atoms with E-state index in [4.69, 9.17) is 16.4 Å². The summed E-state index contributed by atoms with van der Waals surface area (Å²) in [7, 11) is 0. The molecule has 1 saturated carbocycles. The van der Waals surface area contributed by atoms with Gasteiger partial charge in [0, 0.05) is 23.9 Å². The molecule has 2 rings (SSSR count). The molecule has 1 aliphatic rings. The lowest BCUT2D eigenvalue weighted by atomic mass is 9.96. The Balaban J connectivity index is 1.93. The predicted molar refractivity (Wildman–Crippen MR) is 102 cm³/mol. The van der Waals surface area contributed by atoms with Crippen molar-refractivity contribution in [3.63, 3.8) is 0 Å². The zero-order valence-electron chi connectivity index (χ0n) is 14.5. The molecular weight excluding hydrogens is 336 g/mol. The lowest BCUT2D eigenvalue weighted by molar-refractivity contribution is 0.407. The monoisotopic (exact) mass is 362 g/mol. The molecule has 0 saturated heterocycles. The van der Waals surface area contributed by atoms with Crippen LogP contribution in [0.1, 0.15) is 51.1 Å². The van der Waals surface area contributed by atoms with Crippen molar-refractivity contribution in [3.05, 3.63) is 11.1 Å². The molecule has 9 heteroatoms. The largest absolute Gasteiger partial charge is 0.370 e. The third kappa shape index (κ3) is 6.58. The molecule has 25 heavy (non-hydrogen) atoms. The third-order valence-corrected chi connectivity index (χ3v) is 5.00. The molecule has 1 aliphatic carbocycles. The highest BCUT2D eigenvalue weighted by Crippen LogP contribution is 2.18. The first-order valence-electron chi connectivity index (χ1n) is 8.66. The van der Waals surface area contributed by atoms with Crippen LogP contribution >= 0.6 is 11.3 Å².